The number of aromatic nitrogens is 5. The number of hydrogen-bond donors (Lipinski definition) is 2. The fourth-order valence-corrected chi connectivity index (χ4v) is 3.67. The molecule has 0 amide bonds. The van der Waals surface area contributed by atoms with E-state index in [0.717, 1.165) is 12.1 Å². The molecule has 0 unspecified atom stereocenters. The second kappa shape index (κ2) is 9.82. The SMILES string of the molecule is C=C(Nc1nc(-c2ccc(F)nc2)nc2c1cnn2-c1ccc(C(F)(F)F)cc1)C(=C)S/C(N)=C\C. The lowest BCUT2D eigenvalue weighted by molar-refractivity contribution is -0.137. The lowest BCUT2D eigenvalue weighted by atomic mass is 10.2. The second-order valence-corrected chi connectivity index (χ2v) is 8.59. The van der Waals surface area contributed by atoms with E-state index >= 15 is 0 Å². The monoisotopic (exact) mass is 513 g/mol. The molecule has 0 aliphatic heterocycles. The molecule has 0 spiro atoms. The van der Waals surface area contributed by atoms with E-state index in [1.54, 1.807) is 13.0 Å². The van der Waals surface area contributed by atoms with Gasteiger partial charge in [-0.15, -0.1) is 0 Å². The smallest absolute Gasteiger partial charge is 0.394 e. The van der Waals surface area contributed by atoms with Crippen LogP contribution >= 0.6 is 11.8 Å². The molecule has 0 bridgehead atoms. The zero-order valence-electron chi connectivity index (χ0n) is 18.8. The fraction of sp³-hybridized carbons (Fsp3) is 0.0833. The van der Waals surface area contributed by atoms with Crippen LogP contribution in [0, 0.1) is 5.95 Å². The molecule has 4 rings (SSSR count). The summed E-state index contributed by atoms with van der Waals surface area (Å²) in [5, 5.41) is 8.39. The molecule has 0 aliphatic carbocycles. The van der Waals surface area contributed by atoms with Gasteiger partial charge in [-0.05, 0) is 43.3 Å². The molecule has 12 heteroatoms. The van der Waals surface area contributed by atoms with Gasteiger partial charge in [0.25, 0.3) is 0 Å². The van der Waals surface area contributed by atoms with Gasteiger partial charge in [-0.2, -0.15) is 22.7 Å². The zero-order chi connectivity index (χ0) is 26.0. The molecule has 0 atom stereocenters. The first-order valence-corrected chi connectivity index (χ1v) is 11.2. The van der Waals surface area contributed by atoms with Crippen molar-refractivity contribution in [3.63, 3.8) is 0 Å². The molecule has 184 valence electrons. The van der Waals surface area contributed by atoms with Crippen LogP contribution in [0.2, 0.25) is 0 Å². The molecule has 36 heavy (non-hydrogen) atoms. The topological polar surface area (TPSA) is 94.5 Å². The van der Waals surface area contributed by atoms with Gasteiger partial charge in [0.2, 0.25) is 5.95 Å². The van der Waals surface area contributed by atoms with Gasteiger partial charge in [0.05, 0.1) is 27.9 Å². The van der Waals surface area contributed by atoms with E-state index in [9.17, 15) is 17.6 Å². The van der Waals surface area contributed by atoms with Gasteiger partial charge in [-0.3, -0.25) is 0 Å². The number of pyridine rings is 1. The molecule has 3 N–H and O–H groups in total. The summed E-state index contributed by atoms with van der Waals surface area (Å²) in [5.74, 6) is -0.176. The number of thioether (sulfide) groups is 1. The summed E-state index contributed by atoms with van der Waals surface area (Å²) in [6, 6.07) is 7.13. The average Bonchev–Trinajstić information content (AvgIpc) is 3.28. The van der Waals surface area contributed by atoms with Crippen molar-refractivity contribution in [3.05, 3.63) is 95.2 Å². The van der Waals surface area contributed by atoms with Gasteiger partial charge < -0.3 is 11.1 Å². The van der Waals surface area contributed by atoms with Gasteiger partial charge >= 0.3 is 6.18 Å². The van der Waals surface area contributed by atoms with E-state index in [4.69, 9.17) is 5.73 Å². The van der Waals surface area contributed by atoms with Gasteiger partial charge in [-0.1, -0.05) is 31.0 Å². The highest BCUT2D eigenvalue weighted by molar-refractivity contribution is 8.06. The lowest BCUT2D eigenvalue weighted by Crippen LogP contribution is -2.07. The molecule has 0 fully saturated rings. The van der Waals surface area contributed by atoms with Crippen LogP contribution in [-0.2, 0) is 6.18 Å². The third-order valence-corrected chi connectivity index (χ3v) is 5.95. The average molecular weight is 514 g/mol. The predicted molar refractivity (Wildman–Crippen MR) is 132 cm³/mol. The number of rotatable bonds is 7. The van der Waals surface area contributed by atoms with Crippen LogP contribution in [0.5, 0.6) is 0 Å². The Morgan fingerprint density at radius 3 is 2.42 bits per heavy atom. The Kier molecular flexibility index (Phi) is 6.80. The third kappa shape index (κ3) is 5.23. The summed E-state index contributed by atoms with van der Waals surface area (Å²) < 4.78 is 53.8. The number of allylic oxidation sites excluding steroid dienone is 1. The molecule has 0 aliphatic rings. The number of nitrogens with two attached hydrogens (primary N) is 1. The Morgan fingerprint density at radius 1 is 1.08 bits per heavy atom. The Balaban J connectivity index is 1.81. The molecule has 3 heterocycles. The first kappa shape index (κ1) is 24.9. The van der Waals surface area contributed by atoms with E-state index in [0.29, 0.717) is 43.7 Å². The predicted octanol–water partition coefficient (Wildman–Crippen LogP) is 6.03. The summed E-state index contributed by atoms with van der Waals surface area (Å²) >= 11 is 1.21. The van der Waals surface area contributed by atoms with Gasteiger partial charge in [0.1, 0.15) is 5.82 Å². The Bertz CT molecular complexity index is 1470. The molecule has 7 nitrogen and oxygen atoms in total. The molecule has 3 aromatic heterocycles. The number of anilines is 1. The number of fused-ring (bicyclic) bond motifs is 1. The van der Waals surface area contributed by atoms with Crippen molar-refractivity contribution in [1.29, 1.82) is 0 Å². The summed E-state index contributed by atoms with van der Waals surface area (Å²) in [5.41, 5.74) is 6.55. The van der Waals surface area contributed by atoms with E-state index in [1.807, 2.05) is 0 Å². The largest absolute Gasteiger partial charge is 0.416 e. The van der Waals surface area contributed by atoms with Gasteiger partial charge in [0, 0.05) is 22.4 Å². The summed E-state index contributed by atoms with van der Waals surface area (Å²) in [6.07, 6.45) is 0.00454. The number of halogens is 4. The van der Waals surface area contributed by atoms with E-state index in [1.165, 1.54) is 53.1 Å². The van der Waals surface area contributed by atoms with Gasteiger partial charge in [0.15, 0.2) is 11.5 Å². The molecular formula is C24H19F4N7S. The van der Waals surface area contributed by atoms with Crippen LogP contribution in [0.4, 0.5) is 23.4 Å². The van der Waals surface area contributed by atoms with Crippen molar-refractivity contribution in [1.82, 2.24) is 24.7 Å². The quantitative estimate of drug-likeness (QED) is 0.177. The first-order chi connectivity index (χ1) is 17.1. The minimum atomic E-state index is -4.47. The highest BCUT2D eigenvalue weighted by Crippen LogP contribution is 2.32. The number of nitrogens with zero attached hydrogens (tertiary/aromatic N) is 5. The molecular weight excluding hydrogens is 494 g/mol. The van der Waals surface area contributed by atoms with Crippen LogP contribution in [0.1, 0.15) is 12.5 Å². The standard InChI is InChI=1S/C24H19F4N7S/c1-4-20(29)36-14(3)13(2)32-22-18-12-31-35(17-8-6-16(7-9-17)24(26,27)28)23(18)34-21(33-22)15-5-10-19(25)30-11-15/h4-12H,2-3,29H2,1H3,(H,32,33,34)/b20-4-. The van der Waals surface area contributed by atoms with Crippen LogP contribution in [0.3, 0.4) is 0 Å². The van der Waals surface area contributed by atoms with Crippen LogP contribution in [-0.4, -0.2) is 24.7 Å². The van der Waals surface area contributed by atoms with Crippen molar-refractivity contribution in [2.45, 2.75) is 13.1 Å². The summed E-state index contributed by atoms with van der Waals surface area (Å²) in [7, 11) is 0. The van der Waals surface area contributed by atoms with Crippen LogP contribution in [0.15, 0.2) is 83.7 Å². The lowest BCUT2D eigenvalue weighted by Gasteiger charge is -2.13. The summed E-state index contributed by atoms with van der Waals surface area (Å²) in [6.45, 7) is 9.74. The van der Waals surface area contributed by atoms with Crippen molar-refractivity contribution in [2.24, 2.45) is 5.73 Å². The maximum Gasteiger partial charge on any atom is 0.416 e. The van der Waals surface area contributed by atoms with Crippen LogP contribution < -0.4 is 11.1 Å². The molecule has 0 saturated heterocycles. The molecule has 0 radical (unpaired) electrons. The van der Waals surface area contributed by atoms with E-state index in [-0.39, 0.29) is 5.82 Å². The fourth-order valence-electron chi connectivity index (χ4n) is 3.10. The second-order valence-electron chi connectivity index (χ2n) is 7.42. The third-order valence-electron chi connectivity index (χ3n) is 4.98. The Labute approximate surface area is 207 Å². The summed E-state index contributed by atoms with van der Waals surface area (Å²) in [4.78, 5) is 13.3. The molecule has 0 saturated carbocycles. The highest BCUT2D eigenvalue weighted by Gasteiger charge is 2.30. The normalized spacial score (nSPS) is 12.1. The minimum Gasteiger partial charge on any atom is -0.394 e. The Hall–Kier alpha value is -4.19. The zero-order valence-corrected chi connectivity index (χ0v) is 19.7. The van der Waals surface area contributed by atoms with Crippen LogP contribution in [0.25, 0.3) is 28.1 Å². The maximum absolute atomic E-state index is 13.4. The highest BCUT2D eigenvalue weighted by atomic mass is 32.2. The van der Waals surface area contributed by atoms with Crippen molar-refractivity contribution >= 4 is 28.6 Å². The maximum atomic E-state index is 13.4. The van der Waals surface area contributed by atoms with Crippen molar-refractivity contribution in [3.8, 4) is 17.1 Å². The Morgan fingerprint density at radius 2 is 1.81 bits per heavy atom. The van der Waals surface area contributed by atoms with Gasteiger partial charge in [-0.25, -0.2) is 19.6 Å². The van der Waals surface area contributed by atoms with Crippen molar-refractivity contribution < 1.29 is 17.6 Å². The van der Waals surface area contributed by atoms with E-state index in [2.05, 4.69) is 38.5 Å². The van der Waals surface area contributed by atoms with E-state index < -0.39 is 17.7 Å². The number of alkyl halides is 3. The van der Waals surface area contributed by atoms with Crippen molar-refractivity contribution in [2.75, 3.05) is 5.32 Å². The minimum absolute atomic E-state index is 0.185. The first-order valence-electron chi connectivity index (χ1n) is 10.4. The molecule has 1 aromatic carbocycles. The number of benzene rings is 1. The number of nitrogens with one attached hydrogen (secondary N) is 1. The number of hydrogen-bond acceptors (Lipinski definition) is 7. The molecule has 4 aromatic rings.